The van der Waals surface area contributed by atoms with Crippen LogP contribution in [0.25, 0.3) is 0 Å². The Hall–Kier alpha value is -2.05. The molecule has 17 heavy (non-hydrogen) atoms. The van der Waals surface area contributed by atoms with Crippen LogP contribution in [0.5, 0.6) is 0 Å². The summed E-state index contributed by atoms with van der Waals surface area (Å²) in [5.74, 6) is -0.413. The van der Waals surface area contributed by atoms with Crippen molar-refractivity contribution in [3.05, 3.63) is 12.4 Å². The Bertz CT molecular complexity index is 400. The zero-order valence-corrected chi connectivity index (χ0v) is 9.97. The normalized spacial score (nSPS) is 10.1. The van der Waals surface area contributed by atoms with Gasteiger partial charge in [-0.05, 0) is 13.8 Å². The standard InChI is InChI=1S/C10H15N3O4/c1-7(2)17-10(15)12-8-4-11-13(5-8)6-9(14)16-3/h4-5,7H,6H2,1-3H3,(H,12,15). The number of methoxy groups -OCH3 is 1. The number of amides is 1. The van der Waals surface area contributed by atoms with Crippen molar-refractivity contribution < 1.29 is 19.1 Å². The first kappa shape index (κ1) is 13.0. The molecule has 0 saturated heterocycles. The first-order chi connectivity index (χ1) is 8.01. The predicted octanol–water partition coefficient (Wildman–Crippen LogP) is 1.01. The molecule has 0 unspecified atom stereocenters. The van der Waals surface area contributed by atoms with Crippen LogP contribution in [-0.4, -0.2) is 35.1 Å². The smallest absolute Gasteiger partial charge is 0.411 e. The lowest BCUT2D eigenvalue weighted by molar-refractivity contribution is -0.141. The van der Waals surface area contributed by atoms with E-state index in [2.05, 4.69) is 15.2 Å². The van der Waals surface area contributed by atoms with Gasteiger partial charge in [0.25, 0.3) is 0 Å². The van der Waals surface area contributed by atoms with Gasteiger partial charge in [0.1, 0.15) is 6.54 Å². The summed E-state index contributed by atoms with van der Waals surface area (Å²) in [7, 11) is 1.30. The van der Waals surface area contributed by atoms with Crippen LogP contribution >= 0.6 is 0 Å². The molecule has 1 heterocycles. The zero-order chi connectivity index (χ0) is 12.8. The summed E-state index contributed by atoms with van der Waals surface area (Å²) >= 11 is 0. The fraction of sp³-hybridized carbons (Fsp3) is 0.500. The van der Waals surface area contributed by atoms with Gasteiger partial charge in [0.05, 0.1) is 25.1 Å². The van der Waals surface area contributed by atoms with Gasteiger partial charge in [-0.1, -0.05) is 0 Å². The minimum absolute atomic E-state index is 0.00257. The molecule has 1 aromatic heterocycles. The van der Waals surface area contributed by atoms with Crippen LogP contribution in [0.1, 0.15) is 13.8 Å². The number of esters is 1. The van der Waals surface area contributed by atoms with Crippen LogP contribution in [0.3, 0.4) is 0 Å². The summed E-state index contributed by atoms with van der Waals surface area (Å²) in [5.41, 5.74) is 0.458. The van der Waals surface area contributed by atoms with E-state index >= 15 is 0 Å². The largest absolute Gasteiger partial charge is 0.468 e. The number of nitrogens with zero attached hydrogens (tertiary/aromatic N) is 2. The molecule has 1 rings (SSSR count). The fourth-order valence-corrected chi connectivity index (χ4v) is 1.07. The topological polar surface area (TPSA) is 82.5 Å². The Kier molecular flexibility index (Phi) is 4.50. The molecule has 1 amide bonds. The Balaban J connectivity index is 2.51. The molecular formula is C10H15N3O4. The van der Waals surface area contributed by atoms with Gasteiger partial charge < -0.3 is 9.47 Å². The number of carbonyl (C=O) groups excluding carboxylic acids is 2. The van der Waals surface area contributed by atoms with Crippen molar-refractivity contribution in [3.8, 4) is 0 Å². The molecule has 0 atom stereocenters. The number of aromatic nitrogens is 2. The minimum Gasteiger partial charge on any atom is -0.468 e. The van der Waals surface area contributed by atoms with Gasteiger partial charge in [-0.3, -0.25) is 14.8 Å². The molecule has 0 saturated carbocycles. The molecule has 94 valence electrons. The highest BCUT2D eigenvalue weighted by atomic mass is 16.6. The van der Waals surface area contributed by atoms with Crippen LogP contribution in [0.4, 0.5) is 10.5 Å². The third-order valence-corrected chi connectivity index (χ3v) is 1.74. The summed E-state index contributed by atoms with van der Waals surface area (Å²) in [4.78, 5) is 22.2. The van der Waals surface area contributed by atoms with Gasteiger partial charge in [0.15, 0.2) is 0 Å². The van der Waals surface area contributed by atoms with Crippen LogP contribution in [0, 0.1) is 0 Å². The number of carbonyl (C=O) groups is 2. The maximum Gasteiger partial charge on any atom is 0.411 e. The first-order valence-corrected chi connectivity index (χ1v) is 5.08. The fourth-order valence-electron chi connectivity index (χ4n) is 1.07. The highest BCUT2D eigenvalue weighted by Gasteiger charge is 2.08. The van der Waals surface area contributed by atoms with Gasteiger partial charge in [0.2, 0.25) is 0 Å². The van der Waals surface area contributed by atoms with Crippen LogP contribution in [0.2, 0.25) is 0 Å². The Morgan fingerprint density at radius 1 is 1.53 bits per heavy atom. The summed E-state index contributed by atoms with van der Waals surface area (Å²) in [6, 6.07) is 0. The molecule has 0 spiro atoms. The molecule has 1 N–H and O–H groups in total. The highest BCUT2D eigenvalue weighted by Crippen LogP contribution is 2.06. The molecule has 1 aromatic rings. The maximum absolute atomic E-state index is 11.2. The maximum atomic E-state index is 11.2. The van der Waals surface area contributed by atoms with E-state index in [4.69, 9.17) is 4.74 Å². The number of hydrogen-bond donors (Lipinski definition) is 1. The van der Waals surface area contributed by atoms with E-state index in [1.54, 1.807) is 13.8 Å². The Labute approximate surface area is 98.7 Å². The molecule has 0 aliphatic rings. The second-order valence-corrected chi connectivity index (χ2v) is 3.58. The Morgan fingerprint density at radius 3 is 2.82 bits per heavy atom. The van der Waals surface area contributed by atoms with Crippen molar-refractivity contribution in [1.29, 1.82) is 0 Å². The number of hydrogen-bond acceptors (Lipinski definition) is 5. The molecular weight excluding hydrogens is 226 g/mol. The third-order valence-electron chi connectivity index (χ3n) is 1.74. The number of nitrogens with one attached hydrogen (secondary N) is 1. The minimum atomic E-state index is -0.558. The highest BCUT2D eigenvalue weighted by molar-refractivity contribution is 5.84. The zero-order valence-electron chi connectivity index (χ0n) is 9.97. The van der Waals surface area contributed by atoms with Gasteiger partial charge in [-0.2, -0.15) is 5.10 Å². The van der Waals surface area contributed by atoms with Crippen molar-refractivity contribution in [3.63, 3.8) is 0 Å². The third kappa shape index (κ3) is 4.54. The molecule has 0 aliphatic heterocycles. The quantitative estimate of drug-likeness (QED) is 0.795. The van der Waals surface area contributed by atoms with Gasteiger partial charge in [0, 0.05) is 6.20 Å². The van der Waals surface area contributed by atoms with E-state index < -0.39 is 12.1 Å². The molecule has 0 aromatic carbocycles. The summed E-state index contributed by atoms with van der Waals surface area (Å²) in [6.07, 6.45) is 2.18. The van der Waals surface area contributed by atoms with Crippen LogP contribution < -0.4 is 5.32 Å². The SMILES string of the molecule is COC(=O)Cn1cc(NC(=O)OC(C)C)cn1. The van der Waals surface area contributed by atoms with Gasteiger partial charge in [-0.15, -0.1) is 0 Å². The molecule has 7 nitrogen and oxygen atoms in total. The molecule has 0 aliphatic carbocycles. The van der Waals surface area contributed by atoms with Crippen molar-refractivity contribution in [2.45, 2.75) is 26.5 Å². The van der Waals surface area contributed by atoms with E-state index in [1.807, 2.05) is 0 Å². The molecule has 0 fully saturated rings. The lowest BCUT2D eigenvalue weighted by Crippen LogP contribution is -2.17. The average molecular weight is 241 g/mol. The number of ether oxygens (including phenoxy) is 2. The van der Waals surface area contributed by atoms with E-state index in [9.17, 15) is 9.59 Å². The molecule has 0 radical (unpaired) electrons. The van der Waals surface area contributed by atoms with Gasteiger partial charge >= 0.3 is 12.1 Å². The summed E-state index contributed by atoms with van der Waals surface area (Å²) < 4.78 is 10.7. The summed E-state index contributed by atoms with van der Waals surface area (Å²) in [5, 5.41) is 6.37. The lowest BCUT2D eigenvalue weighted by Gasteiger charge is -2.07. The van der Waals surface area contributed by atoms with E-state index in [0.717, 1.165) is 0 Å². The molecule has 0 bridgehead atoms. The number of rotatable bonds is 4. The van der Waals surface area contributed by atoms with Crippen molar-refractivity contribution >= 4 is 17.7 Å². The predicted molar refractivity (Wildman–Crippen MR) is 59.5 cm³/mol. The van der Waals surface area contributed by atoms with Crippen molar-refractivity contribution in [2.75, 3.05) is 12.4 Å². The Morgan fingerprint density at radius 2 is 2.24 bits per heavy atom. The van der Waals surface area contributed by atoms with Crippen molar-refractivity contribution in [2.24, 2.45) is 0 Å². The monoisotopic (exact) mass is 241 g/mol. The van der Waals surface area contributed by atoms with E-state index in [1.165, 1.54) is 24.2 Å². The van der Waals surface area contributed by atoms with Crippen LogP contribution in [-0.2, 0) is 20.8 Å². The van der Waals surface area contributed by atoms with E-state index in [0.29, 0.717) is 5.69 Å². The first-order valence-electron chi connectivity index (χ1n) is 5.08. The summed E-state index contributed by atoms with van der Waals surface area (Å²) in [6.45, 7) is 3.50. The average Bonchev–Trinajstić information content (AvgIpc) is 2.63. The lowest BCUT2D eigenvalue weighted by atomic mass is 10.5. The second kappa shape index (κ2) is 5.88. The van der Waals surface area contributed by atoms with Crippen LogP contribution in [0.15, 0.2) is 12.4 Å². The second-order valence-electron chi connectivity index (χ2n) is 3.58. The number of anilines is 1. The van der Waals surface area contributed by atoms with Gasteiger partial charge in [-0.25, -0.2) is 4.79 Å². The molecule has 7 heteroatoms. The van der Waals surface area contributed by atoms with E-state index in [-0.39, 0.29) is 12.6 Å². The van der Waals surface area contributed by atoms with Crippen molar-refractivity contribution in [1.82, 2.24) is 9.78 Å².